The highest BCUT2D eigenvalue weighted by Crippen LogP contribution is 2.26. The van der Waals surface area contributed by atoms with Crippen molar-refractivity contribution in [2.45, 2.75) is 64.0 Å². The number of rotatable bonds is 7. The summed E-state index contributed by atoms with van der Waals surface area (Å²) in [7, 11) is 2.24. The SMILES string of the molecule is CCCCCC(C)(CN)N(C)C1CCOCC1. The van der Waals surface area contributed by atoms with Crippen molar-refractivity contribution in [2.75, 3.05) is 26.8 Å². The van der Waals surface area contributed by atoms with Crippen molar-refractivity contribution >= 4 is 0 Å². The van der Waals surface area contributed by atoms with Crippen LogP contribution in [0, 0.1) is 0 Å². The normalized spacial score (nSPS) is 21.7. The highest BCUT2D eigenvalue weighted by molar-refractivity contribution is 4.90. The molecular weight excluding hydrogens is 212 g/mol. The second-order valence-electron chi connectivity index (χ2n) is 5.61. The summed E-state index contributed by atoms with van der Waals surface area (Å²) in [5.41, 5.74) is 6.19. The minimum atomic E-state index is 0.164. The highest BCUT2D eigenvalue weighted by Gasteiger charge is 2.32. The van der Waals surface area contributed by atoms with Crippen LogP contribution in [0.4, 0.5) is 0 Å². The van der Waals surface area contributed by atoms with Crippen molar-refractivity contribution in [3.63, 3.8) is 0 Å². The number of hydrogen-bond donors (Lipinski definition) is 1. The monoisotopic (exact) mass is 242 g/mol. The van der Waals surface area contributed by atoms with Gasteiger partial charge in [-0.3, -0.25) is 4.90 Å². The Bertz CT molecular complexity index is 204. The Labute approximate surface area is 107 Å². The Hall–Kier alpha value is -0.120. The zero-order valence-corrected chi connectivity index (χ0v) is 11.9. The van der Waals surface area contributed by atoms with Gasteiger partial charge in [0.1, 0.15) is 0 Å². The molecule has 2 N–H and O–H groups in total. The molecule has 0 aliphatic carbocycles. The van der Waals surface area contributed by atoms with Crippen LogP contribution in [-0.4, -0.2) is 43.3 Å². The molecule has 1 heterocycles. The van der Waals surface area contributed by atoms with Gasteiger partial charge in [0.05, 0.1) is 0 Å². The molecule has 1 saturated heterocycles. The van der Waals surface area contributed by atoms with Gasteiger partial charge < -0.3 is 10.5 Å². The second-order valence-corrected chi connectivity index (χ2v) is 5.61. The molecule has 1 unspecified atom stereocenters. The maximum absolute atomic E-state index is 6.02. The van der Waals surface area contributed by atoms with E-state index in [0.717, 1.165) is 32.6 Å². The van der Waals surface area contributed by atoms with E-state index in [-0.39, 0.29) is 5.54 Å². The fourth-order valence-corrected chi connectivity index (χ4v) is 2.69. The van der Waals surface area contributed by atoms with Crippen LogP contribution in [0.2, 0.25) is 0 Å². The minimum Gasteiger partial charge on any atom is -0.381 e. The molecule has 1 aliphatic heterocycles. The second kappa shape index (κ2) is 7.34. The number of nitrogens with two attached hydrogens (primary N) is 1. The van der Waals surface area contributed by atoms with Gasteiger partial charge in [-0.05, 0) is 33.2 Å². The van der Waals surface area contributed by atoms with Crippen molar-refractivity contribution in [1.82, 2.24) is 4.90 Å². The van der Waals surface area contributed by atoms with E-state index < -0.39 is 0 Å². The molecule has 3 nitrogen and oxygen atoms in total. The van der Waals surface area contributed by atoms with E-state index in [9.17, 15) is 0 Å². The van der Waals surface area contributed by atoms with Gasteiger partial charge in [0.15, 0.2) is 0 Å². The van der Waals surface area contributed by atoms with Gasteiger partial charge in [-0.25, -0.2) is 0 Å². The minimum absolute atomic E-state index is 0.164. The first-order chi connectivity index (χ1) is 8.14. The fourth-order valence-electron chi connectivity index (χ4n) is 2.69. The molecule has 0 radical (unpaired) electrons. The average Bonchev–Trinajstić information content (AvgIpc) is 2.39. The predicted octanol–water partition coefficient (Wildman–Crippen LogP) is 2.39. The molecule has 0 spiro atoms. The molecule has 17 heavy (non-hydrogen) atoms. The van der Waals surface area contributed by atoms with E-state index >= 15 is 0 Å². The summed E-state index contributed by atoms with van der Waals surface area (Å²) in [6.45, 7) is 7.14. The summed E-state index contributed by atoms with van der Waals surface area (Å²) in [5, 5.41) is 0. The fraction of sp³-hybridized carbons (Fsp3) is 1.00. The smallest absolute Gasteiger partial charge is 0.0480 e. The lowest BCUT2D eigenvalue weighted by atomic mass is 9.90. The van der Waals surface area contributed by atoms with Crippen LogP contribution < -0.4 is 5.73 Å². The molecule has 1 atom stereocenters. The molecule has 102 valence electrons. The third-order valence-corrected chi connectivity index (χ3v) is 4.35. The number of likely N-dealkylation sites (N-methyl/N-ethyl adjacent to an activating group) is 1. The lowest BCUT2D eigenvalue weighted by molar-refractivity contribution is 0.000481. The molecule has 0 amide bonds. The van der Waals surface area contributed by atoms with Crippen LogP contribution in [0.25, 0.3) is 0 Å². The first-order valence-corrected chi connectivity index (χ1v) is 7.15. The van der Waals surface area contributed by atoms with E-state index in [1.165, 1.54) is 25.7 Å². The number of ether oxygens (including phenoxy) is 1. The molecule has 0 saturated carbocycles. The van der Waals surface area contributed by atoms with Crippen molar-refractivity contribution in [3.05, 3.63) is 0 Å². The maximum atomic E-state index is 6.02. The third-order valence-electron chi connectivity index (χ3n) is 4.35. The van der Waals surface area contributed by atoms with E-state index in [1.807, 2.05) is 0 Å². The number of nitrogens with zero attached hydrogens (tertiary/aromatic N) is 1. The zero-order valence-electron chi connectivity index (χ0n) is 11.9. The Kier molecular flexibility index (Phi) is 6.45. The standard InChI is InChI=1S/C14H30N2O/c1-4-5-6-9-14(2,12-15)16(3)13-7-10-17-11-8-13/h13H,4-12,15H2,1-3H3. The van der Waals surface area contributed by atoms with Crippen LogP contribution in [0.5, 0.6) is 0 Å². The van der Waals surface area contributed by atoms with E-state index in [4.69, 9.17) is 10.5 Å². The first kappa shape index (κ1) is 14.9. The summed E-state index contributed by atoms with van der Waals surface area (Å²) < 4.78 is 5.44. The topological polar surface area (TPSA) is 38.5 Å². The first-order valence-electron chi connectivity index (χ1n) is 7.15. The van der Waals surface area contributed by atoms with Crippen LogP contribution in [0.3, 0.4) is 0 Å². The largest absolute Gasteiger partial charge is 0.381 e. The molecular formula is C14H30N2O. The summed E-state index contributed by atoms with van der Waals surface area (Å²) in [6, 6.07) is 0.652. The van der Waals surface area contributed by atoms with Crippen molar-refractivity contribution in [3.8, 4) is 0 Å². The van der Waals surface area contributed by atoms with Gasteiger partial charge in [0.2, 0.25) is 0 Å². The van der Waals surface area contributed by atoms with Crippen LogP contribution in [0.15, 0.2) is 0 Å². The molecule has 0 aromatic heterocycles. The molecule has 3 heteroatoms. The number of unbranched alkanes of at least 4 members (excludes halogenated alkanes) is 2. The van der Waals surface area contributed by atoms with Crippen LogP contribution in [-0.2, 0) is 4.74 Å². The van der Waals surface area contributed by atoms with Gasteiger partial charge in [0.25, 0.3) is 0 Å². The summed E-state index contributed by atoms with van der Waals surface area (Å²) in [5.74, 6) is 0. The van der Waals surface area contributed by atoms with Gasteiger partial charge in [0, 0.05) is 31.3 Å². The highest BCUT2D eigenvalue weighted by atomic mass is 16.5. The van der Waals surface area contributed by atoms with Crippen molar-refractivity contribution in [1.29, 1.82) is 0 Å². The quantitative estimate of drug-likeness (QED) is 0.697. The van der Waals surface area contributed by atoms with Gasteiger partial charge >= 0.3 is 0 Å². The molecule has 1 fully saturated rings. The lowest BCUT2D eigenvalue weighted by Gasteiger charge is -2.44. The van der Waals surface area contributed by atoms with Gasteiger partial charge in [-0.1, -0.05) is 26.2 Å². The summed E-state index contributed by atoms with van der Waals surface area (Å²) in [6.07, 6.45) is 7.40. The lowest BCUT2D eigenvalue weighted by Crippen LogP contribution is -2.55. The molecule has 0 aromatic rings. The van der Waals surface area contributed by atoms with Crippen molar-refractivity contribution in [2.24, 2.45) is 5.73 Å². The molecule has 0 aromatic carbocycles. The zero-order chi connectivity index (χ0) is 12.7. The predicted molar refractivity (Wildman–Crippen MR) is 73.2 cm³/mol. The van der Waals surface area contributed by atoms with Crippen LogP contribution >= 0.6 is 0 Å². The number of hydrogen-bond acceptors (Lipinski definition) is 3. The van der Waals surface area contributed by atoms with Gasteiger partial charge in [-0.2, -0.15) is 0 Å². The molecule has 1 aliphatic rings. The summed E-state index contributed by atoms with van der Waals surface area (Å²) in [4.78, 5) is 2.52. The van der Waals surface area contributed by atoms with E-state index in [0.29, 0.717) is 6.04 Å². The van der Waals surface area contributed by atoms with Crippen molar-refractivity contribution < 1.29 is 4.74 Å². The average molecular weight is 242 g/mol. The van der Waals surface area contributed by atoms with Crippen LogP contribution in [0.1, 0.15) is 52.4 Å². The van der Waals surface area contributed by atoms with Gasteiger partial charge in [-0.15, -0.1) is 0 Å². The van der Waals surface area contributed by atoms with E-state index in [2.05, 4.69) is 25.8 Å². The summed E-state index contributed by atoms with van der Waals surface area (Å²) >= 11 is 0. The Morgan fingerprint density at radius 1 is 1.29 bits per heavy atom. The Balaban J connectivity index is 2.50. The molecule has 0 bridgehead atoms. The Morgan fingerprint density at radius 3 is 2.47 bits per heavy atom. The molecule has 1 rings (SSSR count). The van der Waals surface area contributed by atoms with E-state index in [1.54, 1.807) is 0 Å². The third kappa shape index (κ3) is 4.23. The maximum Gasteiger partial charge on any atom is 0.0480 e. The Morgan fingerprint density at radius 2 is 1.94 bits per heavy atom.